The number of hydrogen-bond acceptors (Lipinski definition) is 1. The predicted octanol–water partition coefficient (Wildman–Crippen LogP) is 16.1. The number of benzene rings is 10. The van der Waals surface area contributed by atoms with Gasteiger partial charge >= 0.3 is 0 Å². The molecular weight excluding hydrogens is 725 g/mol. The van der Waals surface area contributed by atoms with E-state index in [0.29, 0.717) is 0 Å². The van der Waals surface area contributed by atoms with Gasteiger partial charge in [-0.2, -0.15) is 0 Å². The van der Waals surface area contributed by atoms with E-state index in [1.807, 2.05) is 0 Å². The van der Waals surface area contributed by atoms with E-state index in [2.05, 4.69) is 252 Å². The molecule has 60 heavy (non-hydrogen) atoms. The highest BCUT2D eigenvalue weighted by Crippen LogP contribution is 2.40. The fourth-order valence-corrected chi connectivity index (χ4v) is 8.78. The van der Waals surface area contributed by atoms with Crippen LogP contribution in [0.25, 0.3) is 82.8 Å². The summed E-state index contributed by atoms with van der Waals surface area (Å²) in [5.74, 6) is 0. The third-order valence-corrected chi connectivity index (χ3v) is 11.8. The molecule has 1 heterocycles. The molecule has 0 saturated heterocycles. The third-order valence-electron chi connectivity index (χ3n) is 11.8. The number of fused-ring (bicyclic) bond motifs is 5. The Morgan fingerprint density at radius 1 is 0.267 bits per heavy atom. The van der Waals surface area contributed by atoms with Crippen molar-refractivity contribution < 1.29 is 0 Å². The number of nitrogens with zero attached hydrogens (tertiary/aromatic N) is 2. The van der Waals surface area contributed by atoms with Crippen LogP contribution in [-0.4, -0.2) is 4.57 Å². The summed E-state index contributed by atoms with van der Waals surface area (Å²) in [5.41, 5.74) is 16.5. The first kappa shape index (κ1) is 35.2. The van der Waals surface area contributed by atoms with Gasteiger partial charge in [-0.3, -0.25) is 0 Å². The molecule has 10 aromatic carbocycles. The summed E-state index contributed by atoms with van der Waals surface area (Å²) in [5, 5.41) is 5.03. The summed E-state index contributed by atoms with van der Waals surface area (Å²) in [7, 11) is 0. The molecule has 0 aliphatic heterocycles. The van der Waals surface area contributed by atoms with Gasteiger partial charge in [-0.05, 0) is 104 Å². The molecule has 282 valence electrons. The van der Waals surface area contributed by atoms with Crippen LogP contribution < -0.4 is 4.90 Å². The van der Waals surface area contributed by atoms with E-state index in [-0.39, 0.29) is 0 Å². The van der Waals surface area contributed by atoms with Crippen LogP contribution >= 0.6 is 0 Å². The van der Waals surface area contributed by atoms with Crippen molar-refractivity contribution in [3.05, 3.63) is 243 Å². The minimum Gasteiger partial charge on any atom is -0.311 e. The molecule has 0 spiro atoms. The molecule has 0 unspecified atom stereocenters. The van der Waals surface area contributed by atoms with Crippen molar-refractivity contribution in [2.24, 2.45) is 0 Å². The molecule has 11 aromatic rings. The van der Waals surface area contributed by atoms with Crippen molar-refractivity contribution in [3.8, 4) is 50.2 Å². The second-order valence-corrected chi connectivity index (χ2v) is 15.4. The van der Waals surface area contributed by atoms with Gasteiger partial charge in [-0.15, -0.1) is 0 Å². The first-order valence-corrected chi connectivity index (χ1v) is 20.6. The van der Waals surface area contributed by atoms with Crippen LogP contribution in [0.2, 0.25) is 0 Å². The fourth-order valence-electron chi connectivity index (χ4n) is 8.78. The normalized spacial score (nSPS) is 11.3. The van der Waals surface area contributed by atoms with Gasteiger partial charge in [-0.1, -0.05) is 188 Å². The van der Waals surface area contributed by atoms with E-state index in [0.717, 1.165) is 22.7 Å². The average Bonchev–Trinajstić information content (AvgIpc) is 3.67. The Labute approximate surface area is 350 Å². The van der Waals surface area contributed by atoms with Crippen LogP contribution in [0, 0.1) is 0 Å². The first-order valence-electron chi connectivity index (χ1n) is 20.6. The maximum absolute atomic E-state index is 2.44. The molecular formula is C58H40N2. The van der Waals surface area contributed by atoms with E-state index in [1.165, 1.54) is 77.1 Å². The van der Waals surface area contributed by atoms with Gasteiger partial charge in [0.1, 0.15) is 0 Å². The maximum Gasteiger partial charge on any atom is 0.0619 e. The highest BCUT2D eigenvalue weighted by molar-refractivity contribution is 6.19. The Balaban J connectivity index is 0.927. The third kappa shape index (κ3) is 6.41. The summed E-state index contributed by atoms with van der Waals surface area (Å²) in [6.07, 6.45) is 0. The summed E-state index contributed by atoms with van der Waals surface area (Å²) in [6, 6.07) is 87.7. The molecule has 0 N–H and O–H groups in total. The van der Waals surface area contributed by atoms with Crippen LogP contribution in [0.15, 0.2) is 243 Å². The molecule has 0 amide bonds. The van der Waals surface area contributed by atoms with Gasteiger partial charge in [0, 0.05) is 38.9 Å². The second-order valence-electron chi connectivity index (χ2n) is 15.4. The van der Waals surface area contributed by atoms with Gasteiger partial charge in [0.05, 0.1) is 11.0 Å². The molecule has 0 fully saturated rings. The van der Waals surface area contributed by atoms with Crippen LogP contribution in [0.3, 0.4) is 0 Å². The standard InChI is InChI=1S/C58H40N2/c1-4-12-41(13-5-1)44-24-32-51(33-25-44)59(52-34-26-45(27-35-52)42-14-6-2-7-15-42)53-36-28-46(29-37-53)43-20-22-47(23-21-43)49-31-38-55-56-39-30-48-16-10-11-19-54(48)58(56)60(57(55)40-49)50-17-8-3-9-18-50/h1-40H. The van der Waals surface area contributed by atoms with E-state index in [1.54, 1.807) is 0 Å². The number of rotatable bonds is 8. The van der Waals surface area contributed by atoms with Gasteiger partial charge in [0.25, 0.3) is 0 Å². The molecule has 0 aliphatic rings. The number of aromatic nitrogens is 1. The zero-order valence-corrected chi connectivity index (χ0v) is 33.0. The zero-order chi connectivity index (χ0) is 39.8. The van der Waals surface area contributed by atoms with Gasteiger partial charge in [-0.25, -0.2) is 0 Å². The lowest BCUT2D eigenvalue weighted by Gasteiger charge is -2.26. The van der Waals surface area contributed by atoms with Gasteiger partial charge in [0.15, 0.2) is 0 Å². The Morgan fingerprint density at radius 2 is 0.650 bits per heavy atom. The minimum atomic E-state index is 1.10. The topological polar surface area (TPSA) is 8.17 Å². The quantitative estimate of drug-likeness (QED) is 0.150. The highest BCUT2D eigenvalue weighted by atomic mass is 15.1. The Kier molecular flexibility index (Phi) is 8.87. The van der Waals surface area contributed by atoms with Crippen molar-refractivity contribution in [1.82, 2.24) is 4.57 Å². The summed E-state index contributed by atoms with van der Waals surface area (Å²) in [6.45, 7) is 0. The van der Waals surface area contributed by atoms with Crippen LogP contribution in [0.4, 0.5) is 17.1 Å². The largest absolute Gasteiger partial charge is 0.311 e. The lowest BCUT2D eigenvalue weighted by Crippen LogP contribution is -2.09. The van der Waals surface area contributed by atoms with E-state index in [9.17, 15) is 0 Å². The summed E-state index contributed by atoms with van der Waals surface area (Å²) in [4.78, 5) is 2.34. The second kappa shape index (κ2) is 15.1. The predicted molar refractivity (Wildman–Crippen MR) is 255 cm³/mol. The lowest BCUT2D eigenvalue weighted by atomic mass is 9.99. The zero-order valence-electron chi connectivity index (χ0n) is 33.0. The number of hydrogen-bond donors (Lipinski definition) is 0. The Hall–Kier alpha value is -7.94. The smallest absolute Gasteiger partial charge is 0.0619 e. The molecule has 0 saturated carbocycles. The summed E-state index contributed by atoms with van der Waals surface area (Å²) < 4.78 is 2.44. The monoisotopic (exact) mass is 764 g/mol. The minimum absolute atomic E-state index is 1.10. The van der Waals surface area contributed by atoms with Crippen LogP contribution in [0.1, 0.15) is 0 Å². The number of para-hydroxylation sites is 1. The van der Waals surface area contributed by atoms with E-state index >= 15 is 0 Å². The summed E-state index contributed by atoms with van der Waals surface area (Å²) >= 11 is 0. The molecule has 11 rings (SSSR count). The van der Waals surface area contributed by atoms with E-state index < -0.39 is 0 Å². The van der Waals surface area contributed by atoms with Crippen molar-refractivity contribution in [2.45, 2.75) is 0 Å². The first-order chi connectivity index (χ1) is 29.7. The Morgan fingerprint density at radius 3 is 1.17 bits per heavy atom. The van der Waals surface area contributed by atoms with Crippen molar-refractivity contribution >= 4 is 49.6 Å². The molecule has 1 aromatic heterocycles. The Bertz CT molecular complexity index is 3160. The highest BCUT2D eigenvalue weighted by Gasteiger charge is 2.17. The van der Waals surface area contributed by atoms with Crippen molar-refractivity contribution in [1.29, 1.82) is 0 Å². The van der Waals surface area contributed by atoms with Gasteiger partial charge in [0.2, 0.25) is 0 Å². The molecule has 0 bridgehead atoms. The average molecular weight is 765 g/mol. The molecule has 0 atom stereocenters. The SMILES string of the molecule is c1ccc(-c2ccc(N(c3ccc(-c4ccccc4)cc3)c3ccc(-c4ccc(-c5ccc6c7ccc8ccccc8c7n(-c7ccccc7)c6c5)cc4)cc3)cc2)cc1. The van der Waals surface area contributed by atoms with Crippen molar-refractivity contribution in [3.63, 3.8) is 0 Å². The lowest BCUT2D eigenvalue weighted by molar-refractivity contribution is 1.19. The van der Waals surface area contributed by atoms with Crippen LogP contribution in [-0.2, 0) is 0 Å². The molecule has 2 nitrogen and oxygen atoms in total. The fraction of sp³-hybridized carbons (Fsp3) is 0. The van der Waals surface area contributed by atoms with Crippen LogP contribution in [0.5, 0.6) is 0 Å². The molecule has 0 radical (unpaired) electrons. The molecule has 0 aliphatic carbocycles. The maximum atomic E-state index is 2.44. The van der Waals surface area contributed by atoms with Crippen molar-refractivity contribution in [2.75, 3.05) is 4.90 Å². The van der Waals surface area contributed by atoms with E-state index in [4.69, 9.17) is 0 Å². The molecule has 2 heteroatoms. The van der Waals surface area contributed by atoms with Gasteiger partial charge < -0.3 is 9.47 Å². The number of anilines is 3.